The molecular formula is C25H37N5O4. The van der Waals surface area contributed by atoms with Crippen molar-refractivity contribution in [3.63, 3.8) is 0 Å². The third-order valence-corrected chi connectivity index (χ3v) is 6.94. The van der Waals surface area contributed by atoms with E-state index in [4.69, 9.17) is 4.74 Å². The number of carbonyl (C=O) groups excluding carboxylic acids is 2. The molecule has 2 aliphatic rings. The Labute approximate surface area is 200 Å². The molecule has 1 aromatic heterocycles. The van der Waals surface area contributed by atoms with Crippen LogP contribution in [0.15, 0.2) is 23.0 Å². The molecule has 2 fully saturated rings. The number of aromatic nitrogens is 2. The number of amides is 2. The molecule has 1 atom stereocenters. The molecule has 186 valence electrons. The summed E-state index contributed by atoms with van der Waals surface area (Å²) in [5.41, 5.74) is 2.16. The van der Waals surface area contributed by atoms with Gasteiger partial charge in [0.05, 0.1) is 29.9 Å². The highest BCUT2D eigenvalue weighted by Gasteiger charge is 2.31. The van der Waals surface area contributed by atoms with E-state index in [1.807, 2.05) is 18.2 Å². The summed E-state index contributed by atoms with van der Waals surface area (Å²) < 4.78 is 8.51. The van der Waals surface area contributed by atoms with E-state index >= 15 is 0 Å². The molecule has 0 aliphatic carbocycles. The fraction of sp³-hybridized carbons (Fsp3) is 0.640. The van der Waals surface area contributed by atoms with Crippen molar-refractivity contribution in [3.8, 4) is 0 Å². The highest BCUT2D eigenvalue weighted by molar-refractivity contribution is 6.00. The van der Waals surface area contributed by atoms with E-state index in [0.717, 1.165) is 50.5 Å². The maximum Gasteiger partial charge on any atom is 0.329 e. The summed E-state index contributed by atoms with van der Waals surface area (Å²) >= 11 is 0. The van der Waals surface area contributed by atoms with Gasteiger partial charge in [-0.25, -0.2) is 4.79 Å². The Morgan fingerprint density at radius 2 is 1.76 bits per heavy atom. The van der Waals surface area contributed by atoms with Crippen LogP contribution in [0.5, 0.6) is 0 Å². The maximum absolute atomic E-state index is 13.0. The van der Waals surface area contributed by atoms with E-state index in [1.165, 1.54) is 43.2 Å². The molecule has 4 rings (SSSR count). The van der Waals surface area contributed by atoms with Crippen molar-refractivity contribution in [1.82, 2.24) is 19.4 Å². The molecule has 2 aliphatic heterocycles. The van der Waals surface area contributed by atoms with Crippen LogP contribution in [0, 0.1) is 0 Å². The zero-order chi connectivity index (χ0) is 23.9. The fourth-order valence-corrected chi connectivity index (χ4v) is 5.03. The highest BCUT2D eigenvalue weighted by Crippen LogP contribution is 2.27. The lowest BCUT2D eigenvalue weighted by molar-refractivity contribution is -0.135. The molecule has 2 aromatic rings. The Bertz CT molecular complexity index is 1050. The molecule has 0 spiro atoms. The minimum Gasteiger partial charge on any atom is -0.383 e. The topological polar surface area (TPSA) is 97.6 Å². The van der Waals surface area contributed by atoms with E-state index < -0.39 is 11.9 Å². The molecule has 0 radical (unpaired) electrons. The first-order valence-electron chi connectivity index (χ1n) is 12.6. The van der Waals surface area contributed by atoms with Crippen LogP contribution in [-0.4, -0.2) is 65.2 Å². The number of unbranched alkanes of at least 4 members (excludes halogenated alkanes) is 5. The van der Waals surface area contributed by atoms with Crippen LogP contribution in [0.3, 0.4) is 0 Å². The van der Waals surface area contributed by atoms with Crippen molar-refractivity contribution in [2.45, 2.75) is 57.4 Å². The molecule has 2 saturated heterocycles. The predicted molar refractivity (Wildman–Crippen MR) is 132 cm³/mol. The van der Waals surface area contributed by atoms with Crippen molar-refractivity contribution < 1.29 is 14.3 Å². The summed E-state index contributed by atoms with van der Waals surface area (Å²) in [7, 11) is 1.73. The first-order chi connectivity index (χ1) is 16.6. The summed E-state index contributed by atoms with van der Waals surface area (Å²) in [6.07, 6.45) is 7.87. The number of morpholine rings is 1. The van der Waals surface area contributed by atoms with Gasteiger partial charge in [0.25, 0.3) is 0 Å². The Kier molecular flexibility index (Phi) is 8.39. The second-order valence-electron chi connectivity index (χ2n) is 9.35. The van der Waals surface area contributed by atoms with E-state index in [-0.39, 0.29) is 18.0 Å². The minimum absolute atomic E-state index is 0.240. The lowest BCUT2D eigenvalue weighted by atomic mass is 10.1. The Hall–Kier alpha value is -2.65. The third kappa shape index (κ3) is 5.70. The van der Waals surface area contributed by atoms with E-state index in [0.29, 0.717) is 11.9 Å². The molecule has 1 unspecified atom stereocenters. The van der Waals surface area contributed by atoms with Crippen molar-refractivity contribution in [1.29, 1.82) is 0 Å². The Morgan fingerprint density at radius 3 is 2.53 bits per heavy atom. The largest absolute Gasteiger partial charge is 0.383 e. The number of para-hydroxylation sites is 1. The number of piperidine rings is 1. The predicted octanol–water partition coefficient (Wildman–Crippen LogP) is 2.40. The molecule has 34 heavy (non-hydrogen) atoms. The van der Waals surface area contributed by atoms with Gasteiger partial charge in [-0.1, -0.05) is 31.7 Å². The molecule has 0 saturated carbocycles. The van der Waals surface area contributed by atoms with Gasteiger partial charge in [0.2, 0.25) is 11.8 Å². The van der Waals surface area contributed by atoms with E-state index in [2.05, 4.69) is 15.5 Å². The Morgan fingerprint density at radius 1 is 1.03 bits per heavy atom. The molecule has 9 heteroatoms. The average molecular weight is 472 g/mol. The number of fused-ring (bicyclic) bond motifs is 1. The number of nitrogens with zero attached hydrogens (tertiary/aromatic N) is 3. The highest BCUT2D eigenvalue weighted by atomic mass is 16.5. The number of nitrogens with one attached hydrogen (secondary N) is 2. The van der Waals surface area contributed by atoms with Gasteiger partial charge in [0.15, 0.2) is 0 Å². The number of rotatable bonds is 11. The summed E-state index contributed by atoms with van der Waals surface area (Å²) in [6.45, 7) is 5.91. The molecule has 0 bridgehead atoms. The van der Waals surface area contributed by atoms with Gasteiger partial charge in [0.1, 0.15) is 6.04 Å². The summed E-state index contributed by atoms with van der Waals surface area (Å²) in [5.74, 6) is -0.692. The first-order valence-corrected chi connectivity index (χ1v) is 12.6. The number of anilines is 1. The maximum atomic E-state index is 13.0. The average Bonchev–Trinajstić information content (AvgIpc) is 3.09. The number of benzene rings is 1. The van der Waals surface area contributed by atoms with Crippen LogP contribution in [0.2, 0.25) is 0 Å². The Balaban J connectivity index is 1.25. The summed E-state index contributed by atoms with van der Waals surface area (Å²) in [5, 5.41) is 5.85. The molecule has 2 amide bonds. The van der Waals surface area contributed by atoms with Gasteiger partial charge in [-0.3, -0.25) is 28.9 Å². The number of carbonyl (C=O) groups is 2. The van der Waals surface area contributed by atoms with Crippen LogP contribution >= 0.6 is 0 Å². The van der Waals surface area contributed by atoms with Crippen molar-refractivity contribution in [3.05, 3.63) is 28.7 Å². The van der Waals surface area contributed by atoms with Gasteiger partial charge < -0.3 is 10.1 Å². The van der Waals surface area contributed by atoms with Gasteiger partial charge >= 0.3 is 5.69 Å². The third-order valence-electron chi connectivity index (χ3n) is 6.94. The molecule has 3 heterocycles. The minimum atomic E-state index is -0.660. The number of imide groups is 1. The van der Waals surface area contributed by atoms with Crippen molar-refractivity contribution in [2.24, 2.45) is 7.05 Å². The lowest BCUT2D eigenvalue weighted by Gasteiger charge is -2.26. The van der Waals surface area contributed by atoms with Gasteiger partial charge in [0, 0.05) is 33.1 Å². The smallest absolute Gasteiger partial charge is 0.329 e. The van der Waals surface area contributed by atoms with Crippen molar-refractivity contribution >= 4 is 28.5 Å². The number of hydrogen-bond donors (Lipinski definition) is 2. The van der Waals surface area contributed by atoms with Crippen LogP contribution in [-0.2, 0) is 21.4 Å². The SMILES string of the molecule is Cn1c(=O)n(C2CCC(=O)NC2=O)c2cccc(NCCCCCCCCN3CCOCC3)c21. The number of hydrogen-bond acceptors (Lipinski definition) is 6. The van der Waals surface area contributed by atoms with Gasteiger partial charge in [-0.15, -0.1) is 0 Å². The van der Waals surface area contributed by atoms with Gasteiger partial charge in [-0.2, -0.15) is 0 Å². The zero-order valence-electron chi connectivity index (χ0n) is 20.2. The fourth-order valence-electron chi connectivity index (χ4n) is 5.03. The molecule has 2 N–H and O–H groups in total. The number of ether oxygens (including phenoxy) is 1. The lowest BCUT2D eigenvalue weighted by Crippen LogP contribution is -2.44. The zero-order valence-corrected chi connectivity index (χ0v) is 20.2. The van der Waals surface area contributed by atoms with Crippen LogP contribution in [0.25, 0.3) is 11.0 Å². The molecular weight excluding hydrogens is 434 g/mol. The first kappa shape index (κ1) is 24.5. The van der Waals surface area contributed by atoms with E-state index in [9.17, 15) is 14.4 Å². The second kappa shape index (κ2) is 11.7. The van der Waals surface area contributed by atoms with Crippen LogP contribution in [0.4, 0.5) is 5.69 Å². The number of imidazole rings is 1. The number of aryl methyl sites for hydroxylation is 1. The summed E-state index contributed by atoms with van der Waals surface area (Å²) in [4.78, 5) is 39.4. The monoisotopic (exact) mass is 471 g/mol. The van der Waals surface area contributed by atoms with Crippen LogP contribution < -0.4 is 16.3 Å². The quantitative estimate of drug-likeness (QED) is 0.386. The van der Waals surface area contributed by atoms with E-state index in [1.54, 1.807) is 11.6 Å². The molecule has 9 nitrogen and oxygen atoms in total. The van der Waals surface area contributed by atoms with Crippen LogP contribution in [0.1, 0.15) is 57.4 Å². The van der Waals surface area contributed by atoms with Gasteiger partial charge in [-0.05, 0) is 37.9 Å². The standard InChI is InChI=1S/C25H37N5O4/c1-28-23-19(26-13-6-4-2-3-5-7-14-29-15-17-34-18-16-29)9-8-10-20(23)30(25(28)33)21-11-12-22(31)27-24(21)32/h8-10,21,26H,2-7,11-18H2,1H3,(H,27,31,32). The van der Waals surface area contributed by atoms with Crippen molar-refractivity contribution in [2.75, 3.05) is 44.7 Å². The second-order valence-corrected chi connectivity index (χ2v) is 9.35. The normalized spacial score (nSPS) is 19.5. The summed E-state index contributed by atoms with van der Waals surface area (Å²) in [6, 6.07) is 5.08. The molecule has 1 aromatic carbocycles.